The third-order valence-electron chi connectivity index (χ3n) is 5.60. The van der Waals surface area contributed by atoms with E-state index in [1.54, 1.807) is 0 Å². The van der Waals surface area contributed by atoms with E-state index in [0.717, 1.165) is 30.1 Å². The molecule has 0 aromatic heterocycles. The second-order valence-electron chi connectivity index (χ2n) is 7.98. The summed E-state index contributed by atoms with van der Waals surface area (Å²) in [5.74, 6) is 3.84. The summed E-state index contributed by atoms with van der Waals surface area (Å²) in [4.78, 5) is 0. The van der Waals surface area contributed by atoms with E-state index in [-0.39, 0.29) is 0 Å². The van der Waals surface area contributed by atoms with E-state index in [0.29, 0.717) is 0 Å². The van der Waals surface area contributed by atoms with Gasteiger partial charge in [-0.3, -0.25) is 0 Å². The first-order valence-electron chi connectivity index (χ1n) is 11.7. The average molecular weight is 407 g/mol. The second kappa shape index (κ2) is 21.4. The molecule has 1 saturated carbocycles. The first-order chi connectivity index (χ1) is 13.8. The Morgan fingerprint density at radius 3 is 1.79 bits per heavy atom. The predicted molar refractivity (Wildman–Crippen MR) is 138 cm³/mol. The number of benzene rings is 1. The van der Waals surface area contributed by atoms with Gasteiger partial charge < -0.3 is 11.1 Å². The van der Waals surface area contributed by atoms with Crippen LogP contribution in [0.4, 0.5) is 5.69 Å². The topological polar surface area (TPSA) is 38.0 Å². The SMILES string of the molecule is C=C(C)CC(C)CC.CC.CC1CC(C)C1C.CCc1ccccc1NC.CN. The third-order valence-corrected chi connectivity index (χ3v) is 5.60. The third kappa shape index (κ3) is 16.2. The molecular weight excluding hydrogens is 352 g/mol. The zero-order valence-corrected chi connectivity index (χ0v) is 21.7. The number of nitrogens with two attached hydrogens (primary N) is 1. The maximum Gasteiger partial charge on any atom is 0.0370 e. The normalized spacial score (nSPS) is 19.7. The molecular formula is C27H54N2. The smallest absolute Gasteiger partial charge is 0.0370 e. The van der Waals surface area contributed by atoms with E-state index in [1.165, 1.54) is 43.1 Å². The summed E-state index contributed by atoms with van der Waals surface area (Å²) in [5.41, 5.74) is 8.43. The second-order valence-corrected chi connectivity index (χ2v) is 7.98. The summed E-state index contributed by atoms with van der Waals surface area (Å²) in [6, 6.07) is 8.36. The highest BCUT2D eigenvalue weighted by Gasteiger charge is 2.29. The fourth-order valence-electron chi connectivity index (χ4n) is 3.19. The van der Waals surface area contributed by atoms with Gasteiger partial charge in [0.25, 0.3) is 0 Å². The van der Waals surface area contributed by atoms with Crippen molar-refractivity contribution in [2.45, 2.75) is 88.0 Å². The minimum Gasteiger partial charge on any atom is -0.388 e. The van der Waals surface area contributed by atoms with Crippen molar-refractivity contribution in [3.8, 4) is 0 Å². The van der Waals surface area contributed by atoms with Crippen molar-refractivity contribution in [1.29, 1.82) is 0 Å². The molecule has 0 heterocycles. The van der Waals surface area contributed by atoms with Crippen LogP contribution in [0.2, 0.25) is 0 Å². The molecule has 0 amide bonds. The number of aryl methyl sites for hydroxylation is 1. The van der Waals surface area contributed by atoms with Crippen molar-refractivity contribution in [2.24, 2.45) is 29.4 Å². The van der Waals surface area contributed by atoms with Crippen LogP contribution in [0, 0.1) is 23.7 Å². The summed E-state index contributed by atoms with van der Waals surface area (Å²) in [6.45, 7) is 23.6. The Labute approximate surface area is 184 Å². The van der Waals surface area contributed by atoms with Crippen molar-refractivity contribution >= 4 is 5.69 Å². The standard InChI is InChI=1S/C9H13N.C8H16.C7H14.C2H6.CH5N/c1-3-8-6-4-5-7-9(8)10-2;1-5-8(4)6-7(2)3;1-5-4-6(2)7(5)3;2*1-2/h4-7,10H,3H2,1-2H3;8H,2,5-6H2,1,3-4H3;5-7H,4H2,1-3H3;1-2H3;2H2,1H3. The molecule has 3 unspecified atom stereocenters. The largest absolute Gasteiger partial charge is 0.388 e. The van der Waals surface area contributed by atoms with Crippen molar-refractivity contribution in [3.05, 3.63) is 42.0 Å². The summed E-state index contributed by atoms with van der Waals surface area (Å²) < 4.78 is 0. The lowest BCUT2D eigenvalue weighted by molar-refractivity contribution is 0.120. The molecule has 0 radical (unpaired) electrons. The van der Waals surface area contributed by atoms with Gasteiger partial charge in [0.05, 0.1) is 0 Å². The van der Waals surface area contributed by atoms with Gasteiger partial charge in [-0.05, 0) is 68.5 Å². The Kier molecular flexibility index (Phi) is 23.9. The van der Waals surface area contributed by atoms with Crippen molar-refractivity contribution in [2.75, 3.05) is 19.4 Å². The molecule has 3 N–H and O–H groups in total. The van der Waals surface area contributed by atoms with Crippen LogP contribution in [0.25, 0.3) is 0 Å². The first-order valence-corrected chi connectivity index (χ1v) is 11.7. The van der Waals surface area contributed by atoms with E-state index >= 15 is 0 Å². The highest BCUT2D eigenvalue weighted by Crippen LogP contribution is 2.38. The minimum absolute atomic E-state index is 0.826. The molecule has 1 fully saturated rings. The first kappa shape index (κ1) is 32.4. The molecule has 0 aliphatic heterocycles. The molecule has 2 heteroatoms. The zero-order chi connectivity index (χ0) is 23.4. The summed E-state index contributed by atoms with van der Waals surface area (Å²) in [7, 11) is 3.45. The number of nitrogens with one attached hydrogen (secondary N) is 1. The fourth-order valence-corrected chi connectivity index (χ4v) is 3.19. The van der Waals surface area contributed by atoms with Crippen LogP contribution in [0.15, 0.2) is 36.4 Å². The maximum atomic E-state index is 4.50. The van der Waals surface area contributed by atoms with Gasteiger partial charge in [-0.15, -0.1) is 6.58 Å². The molecule has 1 aromatic carbocycles. The highest BCUT2D eigenvalue weighted by atomic mass is 14.8. The molecule has 172 valence electrons. The Morgan fingerprint density at radius 1 is 1.10 bits per heavy atom. The Hall–Kier alpha value is -1.28. The monoisotopic (exact) mass is 406 g/mol. The van der Waals surface area contributed by atoms with Crippen molar-refractivity contribution in [1.82, 2.24) is 0 Å². The van der Waals surface area contributed by atoms with Crippen LogP contribution in [-0.2, 0) is 6.42 Å². The van der Waals surface area contributed by atoms with Crippen molar-refractivity contribution in [3.63, 3.8) is 0 Å². The summed E-state index contributed by atoms with van der Waals surface area (Å²) in [5, 5.41) is 3.15. The van der Waals surface area contributed by atoms with Crippen LogP contribution in [-0.4, -0.2) is 14.1 Å². The molecule has 1 aromatic rings. The Morgan fingerprint density at radius 2 is 1.59 bits per heavy atom. The van der Waals surface area contributed by atoms with Gasteiger partial charge in [0.2, 0.25) is 0 Å². The van der Waals surface area contributed by atoms with Gasteiger partial charge in [0.15, 0.2) is 0 Å². The van der Waals surface area contributed by atoms with Gasteiger partial charge in [-0.2, -0.15) is 0 Å². The van der Waals surface area contributed by atoms with Crippen LogP contribution >= 0.6 is 0 Å². The molecule has 29 heavy (non-hydrogen) atoms. The summed E-state index contributed by atoms with van der Waals surface area (Å²) >= 11 is 0. The molecule has 3 atom stereocenters. The molecule has 1 aliphatic rings. The number of para-hydroxylation sites is 1. The van der Waals surface area contributed by atoms with Gasteiger partial charge in [0.1, 0.15) is 0 Å². The highest BCUT2D eigenvalue weighted by molar-refractivity contribution is 5.50. The zero-order valence-electron chi connectivity index (χ0n) is 21.7. The lowest BCUT2D eigenvalue weighted by Gasteiger charge is -2.38. The summed E-state index contributed by atoms with van der Waals surface area (Å²) in [6.07, 6.45) is 5.02. The van der Waals surface area contributed by atoms with Gasteiger partial charge in [-0.1, -0.05) is 85.6 Å². The predicted octanol–water partition coefficient (Wildman–Crippen LogP) is 8.19. The number of rotatable bonds is 5. The number of anilines is 1. The van der Waals surface area contributed by atoms with Gasteiger partial charge in [0, 0.05) is 12.7 Å². The van der Waals surface area contributed by atoms with Crippen LogP contribution in [0.5, 0.6) is 0 Å². The molecule has 0 spiro atoms. The van der Waals surface area contributed by atoms with E-state index in [1.807, 2.05) is 27.0 Å². The average Bonchev–Trinajstić information content (AvgIpc) is 2.76. The van der Waals surface area contributed by atoms with Gasteiger partial charge in [-0.25, -0.2) is 0 Å². The Balaban J connectivity index is -0.000000325. The van der Waals surface area contributed by atoms with E-state index in [9.17, 15) is 0 Å². The van der Waals surface area contributed by atoms with E-state index in [4.69, 9.17) is 0 Å². The lowest BCUT2D eigenvalue weighted by Crippen LogP contribution is -2.29. The molecule has 0 saturated heterocycles. The Bertz CT molecular complexity index is 450. The fraction of sp³-hybridized carbons (Fsp3) is 0.704. The quantitative estimate of drug-likeness (QED) is 0.484. The van der Waals surface area contributed by atoms with Crippen molar-refractivity contribution < 1.29 is 0 Å². The molecule has 2 rings (SSSR count). The number of allylic oxidation sites excluding steroid dienone is 1. The van der Waals surface area contributed by atoms with E-state index < -0.39 is 0 Å². The molecule has 2 nitrogen and oxygen atoms in total. The molecule has 1 aliphatic carbocycles. The minimum atomic E-state index is 0.826. The molecule has 0 bridgehead atoms. The number of hydrogen-bond acceptors (Lipinski definition) is 2. The number of hydrogen-bond donors (Lipinski definition) is 2. The maximum absolute atomic E-state index is 4.50. The van der Waals surface area contributed by atoms with Crippen LogP contribution < -0.4 is 11.1 Å². The van der Waals surface area contributed by atoms with Crippen LogP contribution in [0.1, 0.15) is 87.1 Å². The van der Waals surface area contributed by atoms with Crippen LogP contribution in [0.3, 0.4) is 0 Å². The lowest BCUT2D eigenvalue weighted by atomic mass is 9.68. The van der Waals surface area contributed by atoms with Gasteiger partial charge >= 0.3 is 0 Å². The van der Waals surface area contributed by atoms with E-state index in [2.05, 4.69) is 84.3 Å².